The van der Waals surface area contributed by atoms with Crippen LogP contribution in [0.2, 0.25) is 0 Å². The molecule has 2 aliphatic carbocycles. The lowest BCUT2D eigenvalue weighted by molar-refractivity contribution is 0.660. The van der Waals surface area contributed by atoms with Crippen LogP contribution in [0.15, 0.2) is 146 Å². The highest BCUT2D eigenvalue weighted by Gasteiger charge is 2.35. The first kappa shape index (κ1) is 24.9. The molecule has 0 fully saturated rings. The fourth-order valence-electron chi connectivity index (χ4n) is 8.52. The summed E-state index contributed by atoms with van der Waals surface area (Å²) in [5.74, 6) is 0. The van der Waals surface area contributed by atoms with Gasteiger partial charge < -0.3 is 0 Å². The lowest BCUT2D eigenvalue weighted by atomic mass is 9.82. The number of hydrogen-bond acceptors (Lipinski definition) is 0. The zero-order valence-electron chi connectivity index (χ0n) is 25.4. The standard InChI is InChI=1S/C45H30/c1-45(2)40-17-8-7-12-33(40)39-26-29(22-25-41(39)45)27-18-20-28(21-19-27)30-23-24-38-42-34(30)15-9-16-37(42)43-35-13-5-3-10-31(35)32-11-4-6-14-36(32)44(38)43/h3-26H,1-2H3. The zero-order chi connectivity index (χ0) is 29.9. The van der Waals surface area contributed by atoms with Crippen LogP contribution < -0.4 is 0 Å². The van der Waals surface area contributed by atoms with E-state index in [4.69, 9.17) is 0 Å². The van der Waals surface area contributed by atoms with E-state index in [0.717, 1.165) is 0 Å². The Balaban J connectivity index is 1.11. The van der Waals surface area contributed by atoms with Crippen molar-refractivity contribution in [3.63, 3.8) is 0 Å². The monoisotopic (exact) mass is 570 g/mol. The molecule has 45 heavy (non-hydrogen) atoms. The van der Waals surface area contributed by atoms with Crippen molar-refractivity contribution >= 4 is 32.3 Å². The lowest BCUT2D eigenvalue weighted by Crippen LogP contribution is -2.14. The molecule has 0 heteroatoms. The van der Waals surface area contributed by atoms with Crippen molar-refractivity contribution in [3.8, 4) is 55.6 Å². The molecule has 2 aliphatic rings. The molecule has 0 saturated carbocycles. The van der Waals surface area contributed by atoms with Crippen LogP contribution in [-0.2, 0) is 5.41 Å². The summed E-state index contributed by atoms with van der Waals surface area (Å²) in [6.07, 6.45) is 0. The summed E-state index contributed by atoms with van der Waals surface area (Å²) in [4.78, 5) is 0. The van der Waals surface area contributed by atoms with Gasteiger partial charge in [0.15, 0.2) is 0 Å². The van der Waals surface area contributed by atoms with Crippen LogP contribution in [-0.4, -0.2) is 0 Å². The summed E-state index contributed by atoms with van der Waals surface area (Å²) in [7, 11) is 0. The molecule has 8 aromatic rings. The Bertz CT molecular complexity index is 2470. The molecule has 0 saturated heterocycles. The van der Waals surface area contributed by atoms with Crippen LogP contribution in [0.3, 0.4) is 0 Å². The number of hydrogen-bond donors (Lipinski definition) is 0. The fourth-order valence-corrected chi connectivity index (χ4v) is 8.52. The van der Waals surface area contributed by atoms with Crippen molar-refractivity contribution in [1.82, 2.24) is 0 Å². The quantitative estimate of drug-likeness (QED) is 0.181. The Morgan fingerprint density at radius 2 is 0.844 bits per heavy atom. The van der Waals surface area contributed by atoms with Crippen LogP contribution in [0.1, 0.15) is 25.0 Å². The summed E-state index contributed by atoms with van der Waals surface area (Å²) in [5.41, 5.74) is 16.1. The van der Waals surface area contributed by atoms with Gasteiger partial charge in [0.2, 0.25) is 0 Å². The summed E-state index contributed by atoms with van der Waals surface area (Å²) < 4.78 is 0. The van der Waals surface area contributed by atoms with Gasteiger partial charge in [-0.15, -0.1) is 0 Å². The minimum atomic E-state index is 0.0301. The maximum atomic E-state index is 2.39. The maximum Gasteiger partial charge on any atom is 0.0158 e. The summed E-state index contributed by atoms with van der Waals surface area (Å²) in [6.45, 7) is 4.68. The van der Waals surface area contributed by atoms with E-state index in [9.17, 15) is 0 Å². The molecule has 0 nitrogen and oxygen atoms in total. The molecule has 0 unspecified atom stereocenters. The third kappa shape index (κ3) is 3.27. The third-order valence-corrected chi connectivity index (χ3v) is 10.6. The first-order valence-electron chi connectivity index (χ1n) is 15.9. The molecule has 8 aromatic carbocycles. The fraction of sp³-hybridized carbons (Fsp3) is 0.0667. The van der Waals surface area contributed by atoms with Crippen molar-refractivity contribution in [2.24, 2.45) is 0 Å². The van der Waals surface area contributed by atoms with Crippen LogP contribution in [0, 0.1) is 0 Å². The molecule has 0 spiro atoms. The number of benzene rings is 8. The topological polar surface area (TPSA) is 0 Å². The molecule has 210 valence electrons. The molecule has 0 atom stereocenters. The van der Waals surface area contributed by atoms with E-state index in [1.165, 1.54) is 99.1 Å². The molecular formula is C45H30. The van der Waals surface area contributed by atoms with Gasteiger partial charge in [-0.2, -0.15) is 0 Å². The van der Waals surface area contributed by atoms with E-state index in [1.54, 1.807) is 0 Å². The summed E-state index contributed by atoms with van der Waals surface area (Å²) in [6, 6.07) is 54.5. The minimum Gasteiger partial charge on any atom is -0.0619 e. The van der Waals surface area contributed by atoms with Gasteiger partial charge in [-0.25, -0.2) is 0 Å². The molecule has 0 radical (unpaired) electrons. The predicted octanol–water partition coefficient (Wildman–Crippen LogP) is 12.4. The first-order chi connectivity index (χ1) is 22.1. The SMILES string of the molecule is CC1(C)c2ccccc2-c2cc(-c3ccc(-c4ccc5c6c(cccc46)-c4c-5c5ccccc5c5ccccc45)cc3)ccc21. The lowest BCUT2D eigenvalue weighted by Gasteiger charge is -2.21. The van der Waals surface area contributed by atoms with E-state index in [2.05, 4.69) is 159 Å². The summed E-state index contributed by atoms with van der Waals surface area (Å²) in [5, 5.41) is 8.01. The smallest absolute Gasteiger partial charge is 0.0158 e. The molecule has 0 aromatic heterocycles. The highest BCUT2D eigenvalue weighted by Crippen LogP contribution is 2.55. The van der Waals surface area contributed by atoms with E-state index in [0.29, 0.717) is 0 Å². The highest BCUT2D eigenvalue weighted by molar-refractivity contribution is 6.31. The Kier molecular flexibility index (Phi) is 4.88. The molecule has 10 rings (SSSR count). The van der Waals surface area contributed by atoms with E-state index < -0.39 is 0 Å². The van der Waals surface area contributed by atoms with Gasteiger partial charge >= 0.3 is 0 Å². The van der Waals surface area contributed by atoms with E-state index >= 15 is 0 Å². The van der Waals surface area contributed by atoms with Gasteiger partial charge in [0.25, 0.3) is 0 Å². The van der Waals surface area contributed by atoms with Gasteiger partial charge in [-0.3, -0.25) is 0 Å². The van der Waals surface area contributed by atoms with E-state index in [-0.39, 0.29) is 5.41 Å². The van der Waals surface area contributed by atoms with Crippen molar-refractivity contribution in [3.05, 3.63) is 157 Å². The van der Waals surface area contributed by atoms with Crippen molar-refractivity contribution in [1.29, 1.82) is 0 Å². The van der Waals surface area contributed by atoms with Gasteiger partial charge in [-0.05, 0) is 105 Å². The molecule has 0 heterocycles. The van der Waals surface area contributed by atoms with Gasteiger partial charge in [0.1, 0.15) is 0 Å². The average Bonchev–Trinajstić information content (AvgIpc) is 3.55. The number of fused-ring (bicyclic) bond motifs is 11. The van der Waals surface area contributed by atoms with Crippen molar-refractivity contribution in [2.45, 2.75) is 19.3 Å². The number of rotatable bonds is 2. The Morgan fingerprint density at radius 1 is 0.333 bits per heavy atom. The molecule has 0 N–H and O–H groups in total. The van der Waals surface area contributed by atoms with E-state index in [1.807, 2.05) is 0 Å². The first-order valence-corrected chi connectivity index (χ1v) is 15.9. The van der Waals surface area contributed by atoms with Gasteiger partial charge in [0.05, 0.1) is 0 Å². The van der Waals surface area contributed by atoms with Crippen molar-refractivity contribution in [2.75, 3.05) is 0 Å². The molecule has 0 amide bonds. The van der Waals surface area contributed by atoms with Gasteiger partial charge in [0, 0.05) is 5.41 Å². The Hall–Kier alpha value is -5.46. The molecule has 0 aliphatic heterocycles. The van der Waals surface area contributed by atoms with Crippen LogP contribution in [0.25, 0.3) is 88.0 Å². The highest BCUT2D eigenvalue weighted by atomic mass is 14.4. The second-order valence-electron chi connectivity index (χ2n) is 13.2. The van der Waals surface area contributed by atoms with Crippen molar-refractivity contribution < 1.29 is 0 Å². The Labute approximate surface area is 263 Å². The largest absolute Gasteiger partial charge is 0.0619 e. The maximum absolute atomic E-state index is 2.39. The zero-order valence-corrected chi connectivity index (χ0v) is 25.4. The van der Waals surface area contributed by atoms with Crippen LogP contribution in [0.4, 0.5) is 0 Å². The molecule has 0 bridgehead atoms. The molecular weight excluding hydrogens is 540 g/mol. The average molecular weight is 571 g/mol. The second kappa shape index (κ2) is 8.80. The minimum absolute atomic E-state index is 0.0301. The second-order valence-corrected chi connectivity index (χ2v) is 13.2. The van der Waals surface area contributed by atoms with Crippen LogP contribution >= 0.6 is 0 Å². The van der Waals surface area contributed by atoms with Gasteiger partial charge in [-0.1, -0.05) is 153 Å². The third-order valence-electron chi connectivity index (χ3n) is 10.6. The summed E-state index contributed by atoms with van der Waals surface area (Å²) >= 11 is 0. The van der Waals surface area contributed by atoms with Crippen LogP contribution in [0.5, 0.6) is 0 Å². The normalized spacial score (nSPS) is 13.7. The Morgan fingerprint density at radius 3 is 1.58 bits per heavy atom. The predicted molar refractivity (Wildman–Crippen MR) is 192 cm³/mol.